The molecule has 1 heterocycles. The minimum atomic E-state index is 0.0280. The van der Waals surface area contributed by atoms with Crippen LogP contribution in [0.15, 0.2) is 22.0 Å². The number of aliphatic hydroxyl groups excluding tert-OH is 1. The number of hydrogen-bond acceptors (Lipinski definition) is 2. The van der Waals surface area contributed by atoms with Gasteiger partial charge in [0.2, 0.25) is 0 Å². The molecular weight excluding hydrogens is 272 g/mol. The third-order valence-corrected chi connectivity index (χ3v) is 4.44. The van der Waals surface area contributed by atoms with Crippen LogP contribution in [-0.2, 0) is 6.61 Å². The predicted molar refractivity (Wildman–Crippen MR) is 60.5 cm³/mol. The van der Waals surface area contributed by atoms with Crippen LogP contribution >= 0.6 is 38.9 Å². The first-order valence-corrected chi connectivity index (χ1v) is 5.74. The van der Waals surface area contributed by atoms with E-state index in [-0.39, 0.29) is 6.61 Å². The summed E-state index contributed by atoms with van der Waals surface area (Å²) in [6.45, 7) is 0.0280. The molecule has 2 rings (SSSR count). The number of aliphatic hydroxyl groups is 1. The van der Waals surface area contributed by atoms with Gasteiger partial charge >= 0.3 is 0 Å². The van der Waals surface area contributed by atoms with Gasteiger partial charge in [-0.2, -0.15) is 0 Å². The van der Waals surface area contributed by atoms with Crippen LogP contribution in [0.3, 0.4) is 0 Å². The second kappa shape index (κ2) is 3.58. The maximum atomic E-state index is 9.10. The van der Waals surface area contributed by atoms with Gasteiger partial charge in [-0.1, -0.05) is 11.6 Å². The average molecular weight is 278 g/mol. The fourth-order valence-electron chi connectivity index (χ4n) is 1.27. The lowest BCUT2D eigenvalue weighted by atomic mass is 10.1. The summed E-state index contributed by atoms with van der Waals surface area (Å²) < 4.78 is 2.01. The Morgan fingerprint density at radius 3 is 3.00 bits per heavy atom. The van der Waals surface area contributed by atoms with Crippen LogP contribution in [0.25, 0.3) is 10.1 Å². The largest absolute Gasteiger partial charge is 0.392 e. The fraction of sp³-hybridized carbons (Fsp3) is 0.111. The molecule has 1 aromatic heterocycles. The quantitative estimate of drug-likeness (QED) is 0.840. The van der Waals surface area contributed by atoms with Crippen molar-refractivity contribution >= 4 is 49.0 Å². The Morgan fingerprint density at radius 1 is 1.54 bits per heavy atom. The number of benzene rings is 1. The summed E-state index contributed by atoms with van der Waals surface area (Å²) in [4.78, 5) is 0. The van der Waals surface area contributed by atoms with Crippen LogP contribution < -0.4 is 0 Å². The summed E-state index contributed by atoms with van der Waals surface area (Å²) in [5.41, 5.74) is 0.879. The number of hydrogen-bond donors (Lipinski definition) is 1. The van der Waals surface area contributed by atoms with Gasteiger partial charge in [0.15, 0.2) is 0 Å². The molecule has 1 nitrogen and oxygen atoms in total. The second-order valence-electron chi connectivity index (χ2n) is 2.65. The van der Waals surface area contributed by atoms with Crippen molar-refractivity contribution in [3.05, 3.63) is 32.6 Å². The molecule has 0 saturated heterocycles. The van der Waals surface area contributed by atoms with Gasteiger partial charge < -0.3 is 5.11 Å². The van der Waals surface area contributed by atoms with Crippen molar-refractivity contribution in [2.45, 2.75) is 6.61 Å². The van der Waals surface area contributed by atoms with Crippen molar-refractivity contribution in [3.8, 4) is 0 Å². The van der Waals surface area contributed by atoms with E-state index < -0.39 is 0 Å². The van der Waals surface area contributed by atoms with Gasteiger partial charge in [0.25, 0.3) is 0 Å². The minimum absolute atomic E-state index is 0.0280. The highest BCUT2D eigenvalue weighted by Crippen LogP contribution is 2.36. The molecule has 1 N–H and O–H groups in total. The summed E-state index contributed by atoms with van der Waals surface area (Å²) >= 11 is 11.0. The van der Waals surface area contributed by atoms with Crippen molar-refractivity contribution in [1.29, 1.82) is 0 Å². The molecule has 0 bridgehead atoms. The molecule has 13 heavy (non-hydrogen) atoms. The Balaban J connectivity index is 2.87. The van der Waals surface area contributed by atoms with E-state index in [4.69, 9.17) is 16.7 Å². The molecular formula is C9H6BrClOS. The van der Waals surface area contributed by atoms with Crippen molar-refractivity contribution in [2.24, 2.45) is 0 Å². The third-order valence-electron chi connectivity index (χ3n) is 1.89. The van der Waals surface area contributed by atoms with E-state index in [1.165, 1.54) is 0 Å². The van der Waals surface area contributed by atoms with Crippen molar-refractivity contribution < 1.29 is 5.11 Å². The summed E-state index contributed by atoms with van der Waals surface area (Å²) in [6, 6.07) is 3.79. The topological polar surface area (TPSA) is 20.2 Å². The Kier molecular flexibility index (Phi) is 2.60. The number of halogens is 2. The summed E-state index contributed by atoms with van der Waals surface area (Å²) in [5.74, 6) is 0. The zero-order valence-corrected chi connectivity index (χ0v) is 9.71. The Labute approximate surface area is 93.1 Å². The highest BCUT2D eigenvalue weighted by Gasteiger charge is 2.08. The van der Waals surface area contributed by atoms with Crippen molar-refractivity contribution in [2.75, 3.05) is 0 Å². The second-order valence-corrected chi connectivity index (χ2v) is 4.77. The standard InChI is InChI=1S/C9H6BrClOS/c10-8-7(11)3-5(4-12)6-1-2-13-9(6)8/h1-3,12H,4H2. The molecule has 0 aliphatic heterocycles. The average Bonchev–Trinajstić information content (AvgIpc) is 2.60. The smallest absolute Gasteiger partial charge is 0.0688 e. The molecule has 0 fully saturated rings. The maximum Gasteiger partial charge on any atom is 0.0688 e. The molecule has 0 amide bonds. The van der Waals surface area contributed by atoms with Gasteiger partial charge in [-0.05, 0) is 44.4 Å². The number of fused-ring (bicyclic) bond motifs is 1. The van der Waals surface area contributed by atoms with E-state index in [9.17, 15) is 0 Å². The molecule has 2 aromatic rings. The molecule has 0 saturated carbocycles. The van der Waals surface area contributed by atoms with Gasteiger partial charge in [-0.15, -0.1) is 11.3 Å². The van der Waals surface area contributed by atoms with Crippen LogP contribution in [0.4, 0.5) is 0 Å². The van der Waals surface area contributed by atoms with Crippen LogP contribution in [0.1, 0.15) is 5.56 Å². The Hall–Kier alpha value is -0.0900. The molecule has 1 aromatic carbocycles. The van der Waals surface area contributed by atoms with E-state index in [0.29, 0.717) is 5.02 Å². The lowest BCUT2D eigenvalue weighted by Crippen LogP contribution is -1.84. The van der Waals surface area contributed by atoms with Crippen LogP contribution in [-0.4, -0.2) is 5.11 Å². The van der Waals surface area contributed by atoms with E-state index in [1.54, 1.807) is 17.4 Å². The van der Waals surface area contributed by atoms with Crippen molar-refractivity contribution in [3.63, 3.8) is 0 Å². The van der Waals surface area contributed by atoms with Gasteiger partial charge in [-0.3, -0.25) is 0 Å². The molecule has 0 aliphatic rings. The van der Waals surface area contributed by atoms with Gasteiger partial charge in [0.05, 0.1) is 20.8 Å². The van der Waals surface area contributed by atoms with Gasteiger partial charge in [0.1, 0.15) is 0 Å². The zero-order chi connectivity index (χ0) is 9.42. The first kappa shape index (κ1) is 9.46. The first-order valence-electron chi connectivity index (χ1n) is 3.69. The Bertz CT molecular complexity index is 452. The van der Waals surface area contributed by atoms with Gasteiger partial charge in [0, 0.05) is 0 Å². The van der Waals surface area contributed by atoms with Crippen LogP contribution in [0.5, 0.6) is 0 Å². The SMILES string of the molecule is OCc1cc(Cl)c(Br)c2sccc12. The highest BCUT2D eigenvalue weighted by molar-refractivity contribution is 9.10. The number of rotatable bonds is 1. The molecule has 0 aliphatic carbocycles. The van der Waals surface area contributed by atoms with Crippen LogP contribution in [0, 0.1) is 0 Å². The van der Waals surface area contributed by atoms with E-state index in [1.807, 2.05) is 11.4 Å². The minimum Gasteiger partial charge on any atom is -0.392 e. The highest BCUT2D eigenvalue weighted by atomic mass is 79.9. The van der Waals surface area contributed by atoms with Crippen LogP contribution in [0.2, 0.25) is 5.02 Å². The molecule has 0 spiro atoms. The normalized spacial score (nSPS) is 11.0. The van der Waals surface area contributed by atoms with Crippen molar-refractivity contribution in [1.82, 2.24) is 0 Å². The predicted octanol–water partition coefficient (Wildman–Crippen LogP) is 3.81. The molecule has 0 radical (unpaired) electrons. The molecule has 0 unspecified atom stereocenters. The lowest BCUT2D eigenvalue weighted by molar-refractivity contribution is 0.283. The summed E-state index contributed by atoms with van der Waals surface area (Å²) in [7, 11) is 0. The molecule has 68 valence electrons. The third kappa shape index (κ3) is 1.50. The Morgan fingerprint density at radius 2 is 2.31 bits per heavy atom. The monoisotopic (exact) mass is 276 g/mol. The fourth-order valence-corrected chi connectivity index (χ4v) is 3.04. The maximum absolute atomic E-state index is 9.10. The molecule has 0 atom stereocenters. The number of thiophene rings is 1. The summed E-state index contributed by atoms with van der Waals surface area (Å²) in [5, 5.41) is 12.8. The van der Waals surface area contributed by atoms with Gasteiger partial charge in [-0.25, -0.2) is 0 Å². The first-order chi connectivity index (χ1) is 6.24. The van der Waals surface area contributed by atoms with E-state index in [2.05, 4.69) is 15.9 Å². The zero-order valence-electron chi connectivity index (χ0n) is 6.55. The molecule has 4 heteroatoms. The lowest BCUT2D eigenvalue weighted by Gasteiger charge is -2.03. The summed E-state index contributed by atoms with van der Waals surface area (Å²) in [6.07, 6.45) is 0. The van der Waals surface area contributed by atoms with E-state index in [0.717, 1.165) is 20.1 Å². The van der Waals surface area contributed by atoms with E-state index >= 15 is 0 Å².